The fourth-order valence-electron chi connectivity index (χ4n) is 2.53. The second-order valence-corrected chi connectivity index (χ2v) is 7.22. The molecule has 1 heterocycles. The minimum Gasteiger partial charge on any atom is -0.343 e. The van der Waals surface area contributed by atoms with Crippen LogP contribution in [0.4, 0.5) is 0 Å². The first-order valence-electron chi connectivity index (χ1n) is 8.66. The van der Waals surface area contributed by atoms with Crippen LogP contribution in [-0.4, -0.2) is 35.3 Å². The molecule has 0 aliphatic carbocycles. The normalized spacial score (nSPS) is 12.2. The molecule has 0 fully saturated rings. The summed E-state index contributed by atoms with van der Waals surface area (Å²) in [5.74, 6) is -0.462. The van der Waals surface area contributed by atoms with Crippen LogP contribution in [0.5, 0.6) is 0 Å². The highest BCUT2D eigenvalue weighted by Gasteiger charge is 2.20. The Bertz CT molecular complexity index is 933. The van der Waals surface area contributed by atoms with Crippen LogP contribution in [0.25, 0.3) is 16.3 Å². The Kier molecular flexibility index (Phi) is 5.98. The van der Waals surface area contributed by atoms with Gasteiger partial charge in [-0.25, -0.2) is 4.98 Å². The predicted molar refractivity (Wildman–Crippen MR) is 109 cm³/mol. The van der Waals surface area contributed by atoms with E-state index < -0.39 is 0 Å². The number of likely N-dealkylation sites (N-methyl/N-ethyl adjacent to an activating group) is 1. The molecule has 3 rings (SSSR count). The van der Waals surface area contributed by atoms with Crippen molar-refractivity contribution in [2.45, 2.75) is 13.0 Å². The van der Waals surface area contributed by atoms with Gasteiger partial charge in [0.15, 0.2) is 0 Å². The molecule has 1 atom stereocenters. The molecule has 1 aromatic heterocycles. The Labute approximate surface area is 162 Å². The molecule has 0 spiro atoms. The monoisotopic (exact) mass is 379 g/mol. The van der Waals surface area contributed by atoms with Gasteiger partial charge in [-0.05, 0) is 30.7 Å². The first-order chi connectivity index (χ1) is 13.0. The van der Waals surface area contributed by atoms with Crippen molar-refractivity contribution < 1.29 is 9.59 Å². The largest absolute Gasteiger partial charge is 0.343 e. The molecule has 0 unspecified atom stereocenters. The molecule has 5 nitrogen and oxygen atoms in total. The number of fused-ring (bicyclic) bond motifs is 1. The molecule has 2 aromatic carbocycles. The van der Waals surface area contributed by atoms with E-state index in [0.29, 0.717) is 0 Å². The highest BCUT2D eigenvalue weighted by molar-refractivity contribution is 7.18. The van der Waals surface area contributed by atoms with E-state index in [9.17, 15) is 9.59 Å². The average molecular weight is 379 g/mol. The standard InChI is InChI=1S/C21H21N3O2S/c1-15(21-23-17-10-6-7-11-18(17)27-21)24(2)20(26)14-22-19(25)13-12-16-8-4-3-5-9-16/h3-13,15H,14H2,1-2H3,(H,22,25)/b13-12+/t15-/m0/s1. The quantitative estimate of drug-likeness (QED) is 0.665. The van der Waals surface area contributed by atoms with E-state index in [1.165, 1.54) is 6.08 Å². The number of carbonyl (C=O) groups is 2. The Balaban J connectivity index is 1.55. The summed E-state index contributed by atoms with van der Waals surface area (Å²) in [5, 5.41) is 3.51. The number of hydrogen-bond donors (Lipinski definition) is 1. The molecule has 138 valence electrons. The summed E-state index contributed by atoms with van der Waals surface area (Å²) >= 11 is 1.58. The third-order valence-electron chi connectivity index (χ3n) is 4.28. The number of benzene rings is 2. The van der Waals surface area contributed by atoms with Crippen LogP contribution in [-0.2, 0) is 9.59 Å². The number of hydrogen-bond acceptors (Lipinski definition) is 4. The molecule has 0 radical (unpaired) electrons. The van der Waals surface area contributed by atoms with Crippen molar-refractivity contribution in [3.8, 4) is 0 Å². The van der Waals surface area contributed by atoms with Gasteiger partial charge >= 0.3 is 0 Å². The van der Waals surface area contributed by atoms with Crippen LogP contribution in [0.2, 0.25) is 0 Å². The average Bonchev–Trinajstić information content (AvgIpc) is 3.14. The number of amides is 2. The summed E-state index contributed by atoms with van der Waals surface area (Å²) in [5.41, 5.74) is 1.87. The molecule has 3 aromatic rings. The lowest BCUT2D eigenvalue weighted by molar-refractivity contribution is -0.132. The van der Waals surface area contributed by atoms with E-state index in [0.717, 1.165) is 20.8 Å². The number of nitrogens with zero attached hydrogens (tertiary/aromatic N) is 2. The van der Waals surface area contributed by atoms with Gasteiger partial charge in [0, 0.05) is 13.1 Å². The van der Waals surface area contributed by atoms with E-state index in [4.69, 9.17) is 0 Å². The van der Waals surface area contributed by atoms with Crippen LogP contribution in [0.1, 0.15) is 23.5 Å². The molecule has 0 saturated heterocycles. The molecule has 27 heavy (non-hydrogen) atoms. The zero-order valence-corrected chi connectivity index (χ0v) is 16.1. The van der Waals surface area contributed by atoms with Crippen LogP contribution >= 0.6 is 11.3 Å². The number of rotatable bonds is 6. The third kappa shape index (κ3) is 4.80. The maximum absolute atomic E-state index is 12.4. The number of carbonyl (C=O) groups excluding carboxylic acids is 2. The van der Waals surface area contributed by atoms with E-state index in [1.54, 1.807) is 29.4 Å². The Morgan fingerprint density at radius 2 is 1.85 bits per heavy atom. The van der Waals surface area contributed by atoms with Gasteiger partial charge in [-0.3, -0.25) is 9.59 Å². The molecule has 0 bridgehead atoms. The Hall–Kier alpha value is -2.99. The number of thiazole rings is 1. The lowest BCUT2D eigenvalue weighted by atomic mass is 10.2. The zero-order valence-electron chi connectivity index (χ0n) is 15.3. The number of para-hydroxylation sites is 1. The summed E-state index contributed by atoms with van der Waals surface area (Å²) in [7, 11) is 1.73. The molecule has 6 heteroatoms. The van der Waals surface area contributed by atoms with E-state index >= 15 is 0 Å². The van der Waals surface area contributed by atoms with Crippen LogP contribution in [0.15, 0.2) is 60.7 Å². The third-order valence-corrected chi connectivity index (χ3v) is 5.49. The topological polar surface area (TPSA) is 62.3 Å². The lowest BCUT2D eigenvalue weighted by Gasteiger charge is -2.23. The van der Waals surface area contributed by atoms with E-state index in [2.05, 4.69) is 10.3 Å². The Morgan fingerprint density at radius 3 is 2.59 bits per heavy atom. The fraction of sp³-hybridized carbons (Fsp3) is 0.190. The van der Waals surface area contributed by atoms with Gasteiger partial charge in [-0.15, -0.1) is 11.3 Å². The highest BCUT2D eigenvalue weighted by Crippen LogP contribution is 2.28. The summed E-state index contributed by atoms with van der Waals surface area (Å²) in [6.07, 6.45) is 3.15. The van der Waals surface area contributed by atoms with Gasteiger partial charge in [-0.2, -0.15) is 0 Å². The SMILES string of the molecule is C[C@@H](c1nc2ccccc2s1)N(C)C(=O)CNC(=O)/C=C/c1ccccc1. The summed E-state index contributed by atoms with van der Waals surface area (Å²) < 4.78 is 1.10. The van der Waals surface area contributed by atoms with Gasteiger partial charge in [0.1, 0.15) is 5.01 Å². The van der Waals surface area contributed by atoms with Crippen molar-refractivity contribution in [3.63, 3.8) is 0 Å². The summed E-state index contributed by atoms with van der Waals surface area (Å²) in [6.45, 7) is 1.89. The van der Waals surface area contributed by atoms with Crippen molar-refractivity contribution in [2.75, 3.05) is 13.6 Å². The Morgan fingerprint density at radius 1 is 1.15 bits per heavy atom. The minimum atomic E-state index is -0.298. The molecular formula is C21H21N3O2S. The van der Waals surface area contributed by atoms with Gasteiger partial charge in [0.2, 0.25) is 11.8 Å². The summed E-state index contributed by atoms with van der Waals surface area (Å²) in [6, 6.07) is 17.3. The molecule has 2 amide bonds. The lowest BCUT2D eigenvalue weighted by Crippen LogP contribution is -2.38. The molecule has 0 saturated carbocycles. The van der Waals surface area contributed by atoms with Crippen LogP contribution in [0, 0.1) is 0 Å². The van der Waals surface area contributed by atoms with E-state index in [-0.39, 0.29) is 24.4 Å². The van der Waals surface area contributed by atoms with Crippen molar-refractivity contribution in [2.24, 2.45) is 0 Å². The maximum Gasteiger partial charge on any atom is 0.244 e. The van der Waals surface area contributed by atoms with Crippen LogP contribution in [0.3, 0.4) is 0 Å². The number of nitrogens with one attached hydrogen (secondary N) is 1. The zero-order chi connectivity index (χ0) is 19.2. The summed E-state index contributed by atoms with van der Waals surface area (Å²) in [4.78, 5) is 30.5. The van der Waals surface area contributed by atoms with Gasteiger partial charge in [0.05, 0.1) is 22.8 Å². The molecule has 0 aliphatic rings. The number of aromatic nitrogens is 1. The smallest absolute Gasteiger partial charge is 0.244 e. The first-order valence-corrected chi connectivity index (χ1v) is 9.48. The van der Waals surface area contributed by atoms with Crippen molar-refractivity contribution in [1.29, 1.82) is 0 Å². The minimum absolute atomic E-state index is 0.0519. The van der Waals surface area contributed by atoms with Crippen molar-refractivity contribution in [3.05, 3.63) is 71.2 Å². The van der Waals surface area contributed by atoms with Crippen molar-refractivity contribution >= 4 is 39.4 Å². The molecular weight excluding hydrogens is 358 g/mol. The molecule has 0 aliphatic heterocycles. The van der Waals surface area contributed by atoms with Crippen LogP contribution < -0.4 is 5.32 Å². The van der Waals surface area contributed by atoms with E-state index in [1.807, 2.05) is 61.5 Å². The fourth-order valence-corrected chi connectivity index (χ4v) is 3.60. The van der Waals surface area contributed by atoms with Gasteiger partial charge in [0.25, 0.3) is 0 Å². The maximum atomic E-state index is 12.4. The molecule has 1 N–H and O–H groups in total. The second kappa shape index (κ2) is 8.60. The van der Waals surface area contributed by atoms with Crippen molar-refractivity contribution in [1.82, 2.24) is 15.2 Å². The highest BCUT2D eigenvalue weighted by atomic mass is 32.1. The van der Waals surface area contributed by atoms with Gasteiger partial charge < -0.3 is 10.2 Å². The first kappa shape index (κ1) is 18.8. The predicted octanol–water partition coefficient (Wildman–Crippen LogP) is 3.65. The second-order valence-electron chi connectivity index (χ2n) is 6.16. The van der Waals surface area contributed by atoms with Gasteiger partial charge in [-0.1, -0.05) is 42.5 Å².